The largest absolute Gasteiger partial charge is 0.346 e. The molecule has 0 aliphatic heterocycles. The number of amides is 1. The van der Waals surface area contributed by atoms with Gasteiger partial charge in [0.05, 0.1) is 11.5 Å². The molecule has 0 unspecified atom stereocenters. The second-order valence-corrected chi connectivity index (χ2v) is 4.80. The van der Waals surface area contributed by atoms with Crippen LogP contribution in [-0.2, 0) is 6.54 Å². The quantitative estimate of drug-likeness (QED) is 0.361. The van der Waals surface area contributed by atoms with E-state index >= 15 is 0 Å². The zero-order valence-corrected chi connectivity index (χ0v) is 11.4. The number of hydrazine groups is 1. The average molecular weight is 309 g/mol. The van der Waals surface area contributed by atoms with E-state index in [0.717, 1.165) is 11.3 Å². The lowest BCUT2D eigenvalue weighted by atomic mass is 10.1. The van der Waals surface area contributed by atoms with Gasteiger partial charge in [-0.1, -0.05) is 17.4 Å². The Morgan fingerprint density at radius 1 is 1.48 bits per heavy atom. The number of thiazole rings is 1. The Morgan fingerprint density at radius 2 is 2.24 bits per heavy atom. The Bertz CT molecular complexity index is 738. The van der Waals surface area contributed by atoms with Gasteiger partial charge in [0, 0.05) is 11.1 Å². The van der Waals surface area contributed by atoms with Crippen LogP contribution in [0.15, 0.2) is 28.4 Å². The van der Waals surface area contributed by atoms with Crippen molar-refractivity contribution >= 4 is 28.6 Å². The van der Waals surface area contributed by atoms with Crippen LogP contribution in [0.4, 0.5) is 11.4 Å². The molecule has 2 aromatic rings. The number of H-pyrrole nitrogens is 1. The smallest absolute Gasteiger partial charge is 0.306 e. The lowest BCUT2D eigenvalue weighted by molar-refractivity contribution is -0.384. The molecule has 1 heterocycles. The van der Waals surface area contributed by atoms with E-state index in [1.54, 1.807) is 5.38 Å². The van der Waals surface area contributed by atoms with Crippen LogP contribution in [0.1, 0.15) is 16.1 Å². The van der Waals surface area contributed by atoms with Crippen LogP contribution in [0.3, 0.4) is 0 Å². The highest BCUT2D eigenvalue weighted by molar-refractivity contribution is 7.07. The number of rotatable bonds is 5. The summed E-state index contributed by atoms with van der Waals surface area (Å²) in [5.41, 5.74) is 2.22. The predicted octanol–water partition coefficient (Wildman–Crippen LogP) is 0.560. The first-order valence-corrected chi connectivity index (χ1v) is 6.59. The van der Waals surface area contributed by atoms with E-state index in [1.165, 1.54) is 18.2 Å². The van der Waals surface area contributed by atoms with Gasteiger partial charge in [-0.25, -0.2) is 0 Å². The standard InChI is InChI=1S/C11H11N5O4S/c12-15-8-3-1-2-7(9(8)16(19)20)10(17)13-4-6-5-21-11(18)14-6/h1-3,5,15H,4,12H2,(H,13,17)(H,14,18). The van der Waals surface area contributed by atoms with Gasteiger partial charge in [-0.15, -0.1) is 0 Å². The number of benzene rings is 1. The molecular formula is C11H11N5O4S. The van der Waals surface area contributed by atoms with Crippen LogP contribution in [-0.4, -0.2) is 15.8 Å². The summed E-state index contributed by atoms with van der Waals surface area (Å²) in [6, 6.07) is 4.19. The normalized spacial score (nSPS) is 10.1. The van der Waals surface area contributed by atoms with Crippen LogP contribution in [0.2, 0.25) is 0 Å². The van der Waals surface area contributed by atoms with E-state index in [4.69, 9.17) is 5.84 Å². The number of nitrogen functional groups attached to an aromatic ring is 1. The van der Waals surface area contributed by atoms with Crippen molar-refractivity contribution in [1.29, 1.82) is 0 Å². The van der Waals surface area contributed by atoms with Crippen LogP contribution < -0.4 is 21.5 Å². The molecule has 5 N–H and O–H groups in total. The van der Waals surface area contributed by atoms with E-state index in [9.17, 15) is 19.7 Å². The third-order valence-corrected chi connectivity index (χ3v) is 3.35. The van der Waals surface area contributed by atoms with Gasteiger partial charge < -0.3 is 15.7 Å². The molecule has 0 atom stereocenters. The molecule has 21 heavy (non-hydrogen) atoms. The van der Waals surface area contributed by atoms with Gasteiger partial charge in [0.1, 0.15) is 11.3 Å². The second-order valence-electron chi connectivity index (χ2n) is 3.96. The minimum absolute atomic E-state index is 0.0385. The van der Waals surface area contributed by atoms with E-state index < -0.39 is 16.5 Å². The Labute approximate surface area is 121 Å². The Morgan fingerprint density at radius 3 is 2.81 bits per heavy atom. The minimum Gasteiger partial charge on any atom is -0.346 e. The molecule has 1 aromatic heterocycles. The fourth-order valence-electron chi connectivity index (χ4n) is 1.71. The number of aromatic amines is 1. The molecule has 0 fully saturated rings. The number of nitro groups is 1. The zero-order valence-electron chi connectivity index (χ0n) is 10.6. The maximum atomic E-state index is 12.0. The monoisotopic (exact) mass is 309 g/mol. The molecule has 9 nitrogen and oxygen atoms in total. The van der Waals surface area contributed by atoms with Crippen molar-refractivity contribution < 1.29 is 9.72 Å². The van der Waals surface area contributed by atoms with Crippen molar-refractivity contribution in [3.05, 3.63) is 54.6 Å². The number of anilines is 1. The Kier molecular flexibility index (Phi) is 4.30. The van der Waals surface area contributed by atoms with E-state index in [2.05, 4.69) is 15.7 Å². The zero-order chi connectivity index (χ0) is 15.4. The number of nitrogens with zero attached hydrogens (tertiary/aromatic N) is 1. The summed E-state index contributed by atoms with van der Waals surface area (Å²) in [5.74, 6) is 4.57. The van der Waals surface area contributed by atoms with Crippen LogP contribution in [0.5, 0.6) is 0 Å². The first-order valence-electron chi connectivity index (χ1n) is 5.72. The third-order valence-electron chi connectivity index (χ3n) is 2.63. The molecular weight excluding hydrogens is 298 g/mol. The highest BCUT2D eigenvalue weighted by atomic mass is 32.1. The number of carbonyl (C=O) groups excluding carboxylic acids is 1. The maximum absolute atomic E-state index is 12.0. The van der Waals surface area contributed by atoms with Crippen molar-refractivity contribution in [3.8, 4) is 0 Å². The number of para-hydroxylation sites is 1. The molecule has 110 valence electrons. The van der Waals surface area contributed by atoms with Crippen molar-refractivity contribution in [1.82, 2.24) is 10.3 Å². The summed E-state index contributed by atoms with van der Waals surface area (Å²) in [4.78, 5) is 35.7. The van der Waals surface area contributed by atoms with Gasteiger partial charge >= 0.3 is 10.6 Å². The molecule has 1 amide bonds. The highest BCUT2D eigenvalue weighted by Gasteiger charge is 2.23. The Hall–Kier alpha value is -2.72. The number of nitro benzene ring substituents is 1. The minimum atomic E-state index is -0.684. The van der Waals surface area contributed by atoms with Crippen LogP contribution >= 0.6 is 11.3 Å². The number of nitrogens with two attached hydrogens (primary N) is 1. The molecule has 0 radical (unpaired) electrons. The summed E-state index contributed by atoms with van der Waals surface area (Å²) in [5, 5.41) is 15.1. The lowest BCUT2D eigenvalue weighted by Crippen LogP contribution is -2.24. The average Bonchev–Trinajstić information content (AvgIpc) is 2.89. The molecule has 2 rings (SSSR count). The Balaban J connectivity index is 2.22. The molecule has 0 saturated heterocycles. The first kappa shape index (κ1) is 14.7. The SMILES string of the molecule is NNc1cccc(C(=O)NCc2csc(=O)[nH]2)c1[N+](=O)[O-]. The summed E-state index contributed by atoms with van der Waals surface area (Å²) in [6.07, 6.45) is 0. The molecule has 0 aliphatic rings. The van der Waals surface area contributed by atoms with Crippen LogP contribution in [0.25, 0.3) is 0 Å². The number of nitrogens with one attached hydrogen (secondary N) is 3. The fraction of sp³-hybridized carbons (Fsp3) is 0.0909. The highest BCUT2D eigenvalue weighted by Crippen LogP contribution is 2.27. The molecule has 0 aliphatic carbocycles. The number of carbonyl (C=O) groups is 1. The second kappa shape index (κ2) is 6.15. The molecule has 0 saturated carbocycles. The number of aromatic nitrogens is 1. The van der Waals surface area contributed by atoms with Gasteiger partial charge in [0.15, 0.2) is 0 Å². The molecule has 0 bridgehead atoms. The van der Waals surface area contributed by atoms with Gasteiger partial charge in [-0.05, 0) is 12.1 Å². The molecule has 10 heteroatoms. The summed E-state index contributed by atoms with van der Waals surface area (Å²) >= 11 is 0.969. The van der Waals surface area contributed by atoms with Crippen LogP contribution in [0, 0.1) is 10.1 Å². The summed E-state index contributed by atoms with van der Waals surface area (Å²) in [6.45, 7) is 0.0645. The molecule has 1 aromatic carbocycles. The third kappa shape index (κ3) is 3.24. The lowest BCUT2D eigenvalue weighted by Gasteiger charge is -2.07. The number of hydrogen-bond donors (Lipinski definition) is 4. The van der Waals surface area contributed by atoms with Crippen molar-refractivity contribution in [2.45, 2.75) is 6.54 Å². The summed E-state index contributed by atoms with van der Waals surface area (Å²) < 4.78 is 0. The fourth-order valence-corrected chi connectivity index (χ4v) is 2.29. The van der Waals surface area contributed by atoms with Gasteiger partial charge in [0.25, 0.3) is 5.91 Å². The predicted molar refractivity (Wildman–Crippen MR) is 77.0 cm³/mol. The van der Waals surface area contributed by atoms with E-state index in [1.807, 2.05) is 0 Å². The van der Waals surface area contributed by atoms with Crippen molar-refractivity contribution in [2.75, 3.05) is 5.43 Å². The maximum Gasteiger partial charge on any atom is 0.306 e. The summed E-state index contributed by atoms with van der Waals surface area (Å²) in [7, 11) is 0. The van der Waals surface area contributed by atoms with Gasteiger partial charge in [-0.2, -0.15) is 0 Å². The number of hydrogen-bond acceptors (Lipinski definition) is 7. The van der Waals surface area contributed by atoms with Gasteiger partial charge in [0.2, 0.25) is 0 Å². The molecule has 0 spiro atoms. The first-order chi connectivity index (χ1) is 10.0. The van der Waals surface area contributed by atoms with E-state index in [-0.39, 0.29) is 22.7 Å². The van der Waals surface area contributed by atoms with Gasteiger partial charge in [-0.3, -0.25) is 25.5 Å². The van der Waals surface area contributed by atoms with Crippen molar-refractivity contribution in [2.24, 2.45) is 5.84 Å². The van der Waals surface area contributed by atoms with Crippen molar-refractivity contribution in [3.63, 3.8) is 0 Å². The van der Waals surface area contributed by atoms with E-state index in [0.29, 0.717) is 5.69 Å². The topological polar surface area (TPSA) is 143 Å².